The van der Waals surface area contributed by atoms with Crippen LogP contribution in [0.5, 0.6) is 0 Å². The lowest BCUT2D eigenvalue weighted by Gasteiger charge is -2.45. The van der Waals surface area contributed by atoms with Crippen molar-refractivity contribution in [2.75, 3.05) is 25.6 Å². The van der Waals surface area contributed by atoms with Crippen molar-refractivity contribution in [1.82, 2.24) is 9.34 Å². The van der Waals surface area contributed by atoms with Crippen molar-refractivity contribution in [2.24, 2.45) is 0 Å². The average molecular weight is 467 g/mol. The first-order valence-electron chi connectivity index (χ1n) is 11.4. The predicted molar refractivity (Wildman–Crippen MR) is 131 cm³/mol. The van der Waals surface area contributed by atoms with Gasteiger partial charge >= 0.3 is 0 Å². The highest BCUT2D eigenvalue weighted by Crippen LogP contribution is 2.50. The minimum atomic E-state index is -0.975. The minimum Gasteiger partial charge on any atom is -0.351 e. The van der Waals surface area contributed by atoms with Gasteiger partial charge in [-0.15, -0.1) is 0 Å². The molecule has 0 saturated carbocycles. The third-order valence-electron chi connectivity index (χ3n) is 4.29. The predicted octanol–water partition coefficient (Wildman–Crippen LogP) is 5.91. The largest absolute Gasteiger partial charge is 0.351 e. The van der Waals surface area contributed by atoms with Crippen LogP contribution in [0.15, 0.2) is 0 Å². The van der Waals surface area contributed by atoms with Gasteiger partial charge in [0, 0.05) is 42.9 Å². The highest BCUT2D eigenvalue weighted by atomic mass is 32.2. The molecule has 180 valence electrons. The quantitative estimate of drug-likeness (QED) is 0.150. The molecule has 0 heterocycles. The maximum atomic E-state index is 11.7. The van der Waals surface area contributed by atoms with Gasteiger partial charge in [0.2, 0.25) is 0 Å². The van der Waals surface area contributed by atoms with E-state index in [9.17, 15) is 4.79 Å². The molecule has 0 aliphatic heterocycles. The van der Waals surface area contributed by atoms with Crippen molar-refractivity contribution < 1.29 is 18.8 Å². The third kappa shape index (κ3) is 11.8. The SMILES string of the molecule is CCCC(=O)SCCOC(COP(N(C(C)C)C(C)C)N(C(C)C)C(C)C)OCC. The monoisotopic (exact) mass is 466 g/mol. The molecule has 8 heteroatoms. The zero-order valence-electron chi connectivity index (χ0n) is 21.0. The molecule has 0 bridgehead atoms. The number of hydrogen-bond acceptors (Lipinski definition) is 7. The summed E-state index contributed by atoms with van der Waals surface area (Å²) in [4.78, 5) is 11.7. The Bertz CT molecular complexity index is 417. The van der Waals surface area contributed by atoms with E-state index in [1.54, 1.807) is 0 Å². The van der Waals surface area contributed by atoms with Crippen molar-refractivity contribution in [3.8, 4) is 0 Å². The standard InChI is InChI=1S/C22H47N2O4PS/c1-11-13-21(25)30-15-14-27-22(26-12-2)16-28-29(23(17(3)4)18(5)6)24(19(7)8)20(9)10/h17-20,22H,11-16H2,1-10H3. The van der Waals surface area contributed by atoms with E-state index in [1.807, 2.05) is 13.8 Å². The van der Waals surface area contributed by atoms with E-state index in [2.05, 4.69) is 64.7 Å². The second-order valence-electron chi connectivity index (χ2n) is 8.41. The lowest BCUT2D eigenvalue weighted by atomic mass is 10.3. The molecular weight excluding hydrogens is 419 g/mol. The first kappa shape index (κ1) is 30.2. The lowest BCUT2D eigenvalue weighted by Crippen LogP contribution is -2.44. The molecular formula is C22H47N2O4PS. The summed E-state index contributed by atoms with van der Waals surface area (Å²) in [6.45, 7) is 23.2. The molecule has 0 aliphatic rings. The lowest BCUT2D eigenvalue weighted by molar-refractivity contribution is -0.152. The van der Waals surface area contributed by atoms with Crippen molar-refractivity contribution >= 4 is 25.3 Å². The fraction of sp³-hybridized carbons (Fsp3) is 0.955. The van der Waals surface area contributed by atoms with Crippen LogP contribution in [0, 0.1) is 0 Å². The summed E-state index contributed by atoms with van der Waals surface area (Å²) in [6.07, 6.45) is 1.08. The van der Waals surface area contributed by atoms with E-state index in [0.29, 0.717) is 56.2 Å². The molecule has 1 atom stereocenters. The van der Waals surface area contributed by atoms with E-state index in [-0.39, 0.29) is 5.12 Å². The maximum absolute atomic E-state index is 11.7. The van der Waals surface area contributed by atoms with E-state index in [1.165, 1.54) is 11.8 Å². The zero-order chi connectivity index (χ0) is 23.3. The van der Waals surface area contributed by atoms with Crippen LogP contribution in [0.25, 0.3) is 0 Å². The van der Waals surface area contributed by atoms with Gasteiger partial charge in [-0.05, 0) is 68.7 Å². The molecule has 0 amide bonds. The van der Waals surface area contributed by atoms with Gasteiger partial charge in [0.1, 0.15) is 6.61 Å². The Kier molecular flexibility index (Phi) is 17.0. The zero-order valence-corrected chi connectivity index (χ0v) is 22.7. The van der Waals surface area contributed by atoms with Crippen LogP contribution in [0.3, 0.4) is 0 Å². The van der Waals surface area contributed by atoms with E-state index >= 15 is 0 Å². The van der Waals surface area contributed by atoms with Gasteiger partial charge in [-0.25, -0.2) is 9.34 Å². The van der Waals surface area contributed by atoms with E-state index < -0.39 is 14.7 Å². The summed E-state index contributed by atoms with van der Waals surface area (Å²) < 4.78 is 23.1. The van der Waals surface area contributed by atoms with E-state index in [4.69, 9.17) is 14.0 Å². The fourth-order valence-corrected chi connectivity index (χ4v) is 6.40. The first-order chi connectivity index (χ1) is 14.1. The molecule has 6 nitrogen and oxygen atoms in total. The highest BCUT2D eigenvalue weighted by molar-refractivity contribution is 8.13. The van der Waals surface area contributed by atoms with Crippen molar-refractivity contribution in [3.63, 3.8) is 0 Å². The molecule has 0 aromatic rings. The number of ether oxygens (including phenoxy) is 2. The molecule has 30 heavy (non-hydrogen) atoms. The number of nitrogens with zero attached hydrogens (tertiary/aromatic N) is 2. The van der Waals surface area contributed by atoms with Crippen LogP contribution in [0.4, 0.5) is 0 Å². The molecule has 0 fully saturated rings. The summed E-state index contributed by atoms with van der Waals surface area (Å²) >= 11 is 1.34. The van der Waals surface area contributed by atoms with Crippen molar-refractivity contribution in [3.05, 3.63) is 0 Å². The topological polar surface area (TPSA) is 51.2 Å². The summed E-state index contributed by atoms with van der Waals surface area (Å²) in [7, 11) is -0.975. The van der Waals surface area contributed by atoms with Crippen LogP contribution in [-0.2, 0) is 18.8 Å². The molecule has 0 N–H and O–H groups in total. The van der Waals surface area contributed by atoms with Crippen LogP contribution in [0.1, 0.15) is 82.1 Å². The van der Waals surface area contributed by atoms with Gasteiger partial charge in [0.15, 0.2) is 19.9 Å². The second-order valence-corrected chi connectivity index (χ2v) is 11.2. The van der Waals surface area contributed by atoms with Gasteiger partial charge in [0.25, 0.3) is 0 Å². The van der Waals surface area contributed by atoms with Crippen molar-refractivity contribution in [2.45, 2.75) is 113 Å². The number of rotatable bonds is 17. The first-order valence-corrected chi connectivity index (χ1v) is 13.6. The van der Waals surface area contributed by atoms with Gasteiger partial charge < -0.3 is 14.0 Å². The number of carbonyl (C=O) groups is 1. The van der Waals surface area contributed by atoms with Gasteiger partial charge in [-0.2, -0.15) is 0 Å². The molecule has 0 aromatic heterocycles. The van der Waals surface area contributed by atoms with Crippen LogP contribution in [-0.4, -0.2) is 70.5 Å². The molecule has 0 rings (SSSR count). The third-order valence-corrected chi connectivity index (χ3v) is 8.21. The normalized spacial score (nSPS) is 13.8. The number of thioether (sulfide) groups is 1. The Morgan fingerprint density at radius 3 is 1.77 bits per heavy atom. The Hall–Kier alpha value is 0.250. The molecule has 0 aliphatic carbocycles. The fourth-order valence-electron chi connectivity index (χ4n) is 3.30. The summed E-state index contributed by atoms with van der Waals surface area (Å²) in [5.74, 6) is 0.644. The summed E-state index contributed by atoms with van der Waals surface area (Å²) in [5, 5.41) is 0.225. The van der Waals surface area contributed by atoms with E-state index in [0.717, 1.165) is 6.42 Å². The number of carbonyl (C=O) groups excluding carboxylic acids is 1. The van der Waals surface area contributed by atoms with Crippen LogP contribution < -0.4 is 0 Å². The van der Waals surface area contributed by atoms with Crippen LogP contribution >= 0.6 is 20.2 Å². The summed E-state index contributed by atoms with van der Waals surface area (Å²) in [5.41, 5.74) is 0. The molecule has 0 radical (unpaired) electrons. The molecule has 0 aromatic carbocycles. The second kappa shape index (κ2) is 16.8. The van der Waals surface area contributed by atoms with Gasteiger partial charge in [-0.3, -0.25) is 4.79 Å². The maximum Gasteiger partial charge on any atom is 0.189 e. The van der Waals surface area contributed by atoms with Gasteiger partial charge in [-0.1, -0.05) is 18.7 Å². The Morgan fingerprint density at radius 2 is 1.37 bits per heavy atom. The highest BCUT2D eigenvalue weighted by Gasteiger charge is 2.35. The Labute approximate surface area is 191 Å². The minimum absolute atomic E-state index is 0.225. The smallest absolute Gasteiger partial charge is 0.189 e. The average Bonchev–Trinajstić information content (AvgIpc) is 2.61. The Morgan fingerprint density at radius 1 is 0.867 bits per heavy atom. The summed E-state index contributed by atoms with van der Waals surface area (Å²) in [6, 6.07) is 1.46. The Balaban J connectivity index is 5.13. The van der Waals surface area contributed by atoms with Gasteiger partial charge in [0.05, 0.1) is 6.61 Å². The molecule has 0 spiro atoms. The molecule has 0 saturated heterocycles. The van der Waals surface area contributed by atoms with Crippen LogP contribution in [0.2, 0.25) is 0 Å². The number of hydrogen-bond donors (Lipinski definition) is 0. The molecule has 1 unspecified atom stereocenters. The van der Waals surface area contributed by atoms with Crippen molar-refractivity contribution in [1.29, 1.82) is 0 Å².